The molecule has 0 bridgehead atoms. The minimum atomic E-state index is -3.62. The van der Waals surface area contributed by atoms with E-state index in [1.165, 1.54) is 0 Å². The summed E-state index contributed by atoms with van der Waals surface area (Å²) in [5, 5.41) is 8.15. The van der Waals surface area contributed by atoms with Gasteiger partial charge in [0.05, 0.1) is 48.8 Å². The largest absolute Gasteiger partial charge is 0.379 e. The van der Waals surface area contributed by atoms with Gasteiger partial charge in [0.15, 0.2) is 0 Å². The number of carbonyl (C=O) groups excluding carboxylic acids is 1. The fourth-order valence-corrected chi connectivity index (χ4v) is 4.14. The summed E-state index contributed by atoms with van der Waals surface area (Å²) in [7, 11) is -3.62. The fraction of sp³-hybridized carbons (Fsp3) is 0.625. The standard InChI is InChI=1S/C24H38N4O5S/c1-23(2,3)22(29)11-13-32-15-16-33-14-12-26-34(30,31)21-9-7-19(8-10-21)17-20-18-25-27-28(20)24(4,5)6/h7-10,18,26H,11-17H2,1-6H3. The number of hydrogen-bond donors (Lipinski definition) is 1. The molecule has 0 aliphatic rings. The van der Waals surface area contributed by atoms with Gasteiger partial charge in [0.25, 0.3) is 0 Å². The normalized spacial score (nSPS) is 12.8. The van der Waals surface area contributed by atoms with E-state index in [-0.39, 0.29) is 34.8 Å². The van der Waals surface area contributed by atoms with E-state index in [2.05, 4.69) is 35.8 Å². The van der Waals surface area contributed by atoms with Crippen molar-refractivity contribution in [1.82, 2.24) is 19.7 Å². The van der Waals surface area contributed by atoms with E-state index in [1.807, 2.05) is 25.5 Å². The predicted octanol–water partition coefficient (Wildman–Crippen LogP) is 2.94. The Morgan fingerprint density at radius 1 is 0.971 bits per heavy atom. The van der Waals surface area contributed by atoms with Gasteiger partial charge in [-0.25, -0.2) is 17.8 Å². The van der Waals surface area contributed by atoms with Crippen LogP contribution in [0.4, 0.5) is 0 Å². The van der Waals surface area contributed by atoms with Gasteiger partial charge in [0.1, 0.15) is 5.78 Å². The van der Waals surface area contributed by atoms with Gasteiger partial charge < -0.3 is 9.47 Å². The lowest BCUT2D eigenvalue weighted by Gasteiger charge is -2.21. The summed E-state index contributed by atoms with van der Waals surface area (Å²) in [6, 6.07) is 6.78. The Bertz CT molecular complexity index is 1020. The van der Waals surface area contributed by atoms with Crippen molar-refractivity contribution in [2.45, 2.75) is 64.8 Å². The Hall–Kier alpha value is -2.14. The number of nitrogens with zero attached hydrogens (tertiary/aromatic N) is 3. The van der Waals surface area contributed by atoms with E-state index in [1.54, 1.807) is 30.5 Å². The van der Waals surface area contributed by atoms with Crippen molar-refractivity contribution < 1.29 is 22.7 Å². The van der Waals surface area contributed by atoms with Crippen LogP contribution in [0.15, 0.2) is 35.4 Å². The van der Waals surface area contributed by atoms with Gasteiger partial charge in [0.2, 0.25) is 10.0 Å². The lowest BCUT2D eigenvalue weighted by atomic mass is 9.89. The fourth-order valence-electron chi connectivity index (χ4n) is 3.13. The minimum absolute atomic E-state index is 0.156. The summed E-state index contributed by atoms with van der Waals surface area (Å²) >= 11 is 0. The number of ether oxygens (including phenoxy) is 2. The van der Waals surface area contributed by atoms with Crippen LogP contribution >= 0.6 is 0 Å². The number of ketones is 1. The van der Waals surface area contributed by atoms with Crippen LogP contribution < -0.4 is 4.72 Å². The Morgan fingerprint density at radius 3 is 2.18 bits per heavy atom. The van der Waals surface area contributed by atoms with Gasteiger partial charge in [0, 0.05) is 24.8 Å². The first-order valence-corrected chi connectivity index (χ1v) is 13.0. The highest BCUT2D eigenvalue weighted by atomic mass is 32.2. The van der Waals surface area contributed by atoms with E-state index in [0.29, 0.717) is 32.7 Å². The van der Waals surface area contributed by atoms with Gasteiger partial charge >= 0.3 is 0 Å². The lowest BCUT2D eigenvalue weighted by Crippen LogP contribution is -2.28. The zero-order valence-corrected chi connectivity index (χ0v) is 21.9. The number of aromatic nitrogens is 3. The number of sulfonamides is 1. The van der Waals surface area contributed by atoms with Crippen LogP contribution in [0, 0.1) is 5.41 Å². The number of benzene rings is 1. The molecule has 0 saturated carbocycles. The van der Waals surface area contributed by atoms with Crippen LogP contribution in [0.3, 0.4) is 0 Å². The Labute approximate surface area is 203 Å². The summed E-state index contributed by atoms with van der Waals surface area (Å²) in [4.78, 5) is 12.0. The molecule has 2 aromatic rings. The van der Waals surface area contributed by atoms with Crippen LogP contribution in [0.5, 0.6) is 0 Å². The summed E-state index contributed by atoms with van der Waals surface area (Å²) in [6.45, 7) is 13.3. The number of carbonyl (C=O) groups is 1. The van der Waals surface area contributed by atoms with Crippen LogP contribution in [-0.2, 0) is 36.3 Å². The third kappa shape index (κ3) is 8.90. The molecule has 0 saturated heterocycles. The molecule has 0 fully saturated rings. The van der Waals surface area contributed by atoms with Crippen molar-refractivity contribution in [3.05, 3.63) is 41.7 Å². The SMILES string of the molecule is CC(C)(C)C(=O)CCOCCOCCNS(=O)(=O)c1ccc(Cc2cnnn2C(C)(C)C)cc1. The molecule has 10 heteroatoms. The topological polar surface area (TPSA) is 112 Å². The summed E-state index contributed by atoms with van der Waals surface area (Å²) in [5.41, 5.74) is 1.39. The van der Waals surface area contributed by atoms with Gasteiger partial charge in [-0.05, 0) is 38.5 Å². The second kappa shape index (κ2) is 12.0. The highest BCUT2D eigenvalue weighted by Crippen LogP contribution is 2.19. The molecule has 1 aromatic heterocycles. The zero-order chi connectivity index (χ0) is 25.4. The van der Waals surface area contributed by atoms with Crippen molar-refractivity contribution in [3.63, 3.8) is 0 Å². The molecular formula is C24H38N4O5S. The molecule has 0 aliphatic carbocycles. The molecule has 1 N–H and O–H groups in total. The summed E-state index contributed by atoms with van der Waals surface area (Å²) in [5.74, 6) is 0.157. The monoisotopic (exact) mass is 494 g/mol. The quantitative estimate of drug-likeness (QED) is 0.426. The molecule has 190 valence electrons. The number of nitrogens with one attached hydrogen (secondary N) is 1. The molecule has 0 spiro atoms. The molecule has 0 radical (unpaired) electrons. The molecule has 2 rings (SSSR count). The maximum atomic E-state index is 12.5. The van der Waals surface area contributed by atoms with Gasteiger partial charge in [-0.3, -0.25) is 4.79 Å². The third-order valence-electron chi connectivity index (χ3n) is 5.09. The highest BCUT2D eigenvalue weighted by molar-refractivity contribution is 7.89. The molecule has 0 aliphatic heterocycles. The molecule has 1 aromatic carbocycles. The number of rotatable bonds is 13. The average Bonchev–Trinajstić information content (AvgIpc) is 3.21. The van der Waals surface area contributed by atoms with E-state index in [4.69, 9.17) is 9.47 Å². The van der Waals surface area contributed by atoms with Crippen LogP contribution in [0.1, 0.15) is 59.2 Å². The first-order valence-electron chi connectivity index (χ1n) is 11.5. The second-order valence-corrected chi connectivity index (χ2v) is 11.9. The highest BCUT2D eigenvalue weighted by Gasteiger charge is 2.20. The van der Waals surface area contributed by atoms with Crippen LogP contribution in [-0.4, -0.2) is 62.2 Å². The second-order valence-electron chi connectivity index (χ2n) is 10.2. The molecule has 0 amide bonds. The molecule has 34 heavy (non-hydrogen) atoms. The predicted molar refractivity (Wildman–Crippen MR) is 130 cm³/mol. The number of hydrogen-bond acceptors (Lipinski definition) is 7. The van der Waals surface area contributed by atoms with Gasteiger partial charge in [-0.2, -0.15) is 0 Å². The van der Waals surface area contributed by atoms with Crippen molar-refractivity contribution in [1.29, 1.82) is 0 Å². The molecule has 1 heterocycles. The van der Waals surface area contributed by atoms with Crippen molar-refractivity contribution in [3.8, 4) is 0 Å². The minimum Gasteiger partial charge on any atom is -0.379 e. The molecule has 0 unspecified atom stereocenters. The van der Waals surface area contributed by atoms with E-state index in [9.17, 15) is 13.2 Å². The van der Waals surface area contributed by atoms with E-state index in [0.717, 1.165) is 11.3 Å². The summed E-state index contributed by atoms with van der Waals surface area (Å²) in [6.07, 6.45) is 2.71. The Balaban J connectivity index is 1.71. The lowest BCUT2D eigenvalue weighted by molar-refractivity contribution is -0.127. The smallest absolute Gasteiger partial charge is 0.240 e. The first kappa shape index (κ1) is 28.1. The van der Waals surface area contributed by atoms with Crippen LogP contribution in [0.2, 0.25) is 0 Å². The van der Waals surface area contributed by atoms with E-state index < -0.39 is 10.0 Å². The van der Waals surface area contributed by atoms with Gasteiger partial charge in [-0.15, -0.1) is 5.10 Å². The maximum Gasteiger partial charge on any atom is 0.240 e. The van der Waals surface area contributed by atoms with Crippen molar-refractivity contribution >= 4 is 15.8 Å². The zero-order valence-electron chi connectivity index (χ0n) is 21.1. The Kier molecular flexibility index (Phi) is 9.93. The number of Topliss-reactive ketones (excluding diaryl/α,β-unsaturated/α-hetero) is 1. The Morgan fingerprint density at radius 2 is 1.59 bits per heavy atom. The van der Waals surface area contributed by atoms with Crippen LogP contribution in [0.25, 0.3) is 0 Å². The van der Waals surface area contributed by atoms with E-state index >= 15 is 0 Å². The molecule has 0 atom stereocenters. The molecular weight excluding hydrogens is 456 g/mol. The maximum absolute atomic E-state index is 12.5. The average molecular weight is 495 g/mol. The molecule has 9 nitrogen and oxygen atoms in total. The third-order valence-corrected chi connectivity index (χ3v) is 6.57. The van der Waals surface area contributed by atoms with Crippen molar-refractivity contribution in [2.75, 3.05) is 33.0 Å². The summed E-state index contributed by atoms with van der Waals surface area (Å²) < 4.78 is 40.2. The first-order chi connectivity index (χ1) is 15.8. The van der Waals surface area contributed by atoms with Crippen molar-refractivity contribution in [2.24, 2.45) is 5.41 Å². The van der Waals surface area contributed by atoms with Gasteiger partial charge in [-0.1, -0.05) is 38.1 Å².